The first-order valence-electron chi connectivity index (χ1n) is 4.98. The summed E-state index contributed by atoms with van der Waals surface area (Å²) in [5.41, 5.74) is 0. The van der Waals surface area contributed by atoms with Crippen LogP contribution in [0.15, 0.2) is 0 Å². The van der Waals surface area contributed by atoms with Crippen LogP contribution in [0.25, 0.3) is 0 Å². The van der Waals surface area contributed by atoms with Gasteiger partial charge in [0.2, 0.25) is 0 Å². The van der Waals surface area contributed by atoms with E-state index in [0.29, 0.717) is 12.1 Å². The third-order valence-electron chi connectivity index (χ3n) is 2.54. The fraction of sp³-hybridized carbons (Fsp3) is 1.00. The number of hydrogen-bond acceptors (Lipinski definition) is 2. The van der Waals surface area contributed by atoms with E-state index in [1.807, 2.05) is 0 Å². The zero-order valence-corrected chi connectivity index (χ0v) is 8.47. The highest BCUT2D eigenvalue weighted by Gasteiger charge is 2.23. The second-order valence-electron chi connectivity index (χ2n) is 4.03. The summed E-state index contributed by atoms with van der Waals surface area (Å²) in [6, 6.07) is 0.662. The van der Waals surface area contributed by atoms with Crippen molar-refractivity contribution in [1.29, 1.82) is 0 Å². The molecule has 0 amide bonds. The molecular weight excluding hydrogens is 150 g/mol. The Hall–Kier alpha value is -0.0800. The molecule has 0 aromatic heterocycles. The summed E-state index contributed by atoms with van der Waals surface area (Å²) in [5, 5.41) is 3.48. The maximum Gasteiger partial charge on any atom is 0.0667 e. The zero-order chi connectivity index (χ0) is 8.97. The Morgan fingerprint density at radius 1 is 1.42 bits per heavy atom. The van der Waals surface area contributed by atoms with Crippen molar-refractivity contribution in [3.63, 3.8) is 0 Å². The van der Waals surface area contributed by atoms with Gasteiger partial charge in [0.25, 0.3) is 0 Å². The summed E-state index contributed by atoms with van der Waals surface area (Å²) >= 11 is 0. The standard InChI is InChI=1S/C10H21NO/c1-8(6-10-4-5-10)11-7-9(2)12-3/h8-11H,4-7H2,1-3H3. The van der Waals surface area contributed by atoms with Crippen LogP contribution in [0.2, 0.25) is 0 Å². The van der Waals surface area contributed by atoms with E-state index in [-0.39, 0.29) is 0 Å². The molecular formula is C10H21NO. The fourth-order valence-electron chi connectivity index (χ4n) is 1.39. The van der Waals surface area contributed by atoms with Gasteiger partial charge in [0.15, 0.2) is 0 Å². The maximum absolute atomic E-state index is 5.16. The zero-order valence-electron chi connectivity index (χ0n) is 8.47. The molecule has 0 bridgehead atoms. The first-order valence-corrected chi connectivity index (χ1v) is 4.98. The Labute approximate surface area is 75.7 Å². The largest absolute Gasteiger partial charge is 0.380 e. The molecule has 1 N–H and O–H groups in total. The molecule has 0 heterocycles. The summed E-state index contributed by atoms with van der Waals surface area (Å²) in [6.07, 6.45) is 4.58. The smallest absolute Gasteiger partial charge is 0.0667 e. The van der Waals surface area contributed by atoms with Gasteiger partial charge in [-0.25, -0.2) is 0 Å². The minimum absolute atomic E-state index is 0.339. The van der Waals surface area contributed by atoms with Gasteiger partial charge in [0.05, 0.1) is 6.10 Å². The molecule has 0 aromatic carbocycles. The van der Waals surface area contributed by atoms with Crippen LogP contribution in [-0.4, -0.2) is 25.8 Å². The van der Waals surface area contributed by atoms with Crippen LogP contribution in [0.1, 0.15) is 33.1 Å². The molecule has 1 rings (SSSR count). The van der Waals surface area contributed by atoms with Crippen molar-refractivity contribution in [3.8, 4) is 0 Å². The summed E-state index contributed by atoms with van der Waals surface area (Å²) in [6.45, 7) is 5.34. The van der Waals surface area contributed by atoms with Crippen molar-refractivity contribution in [2.75, 3.05) is 13.7 Å². The molecule has 1 aliphatic rings. The molecule has 12 heavy (non-hydrogen) atoms. The quantitative estimate of drug-likeness (QED) is 0.658. The lowest BCUT2D eigenvalue weighted by molar-refractivity contribution is 0.114. The Balaban J connectivity index is 1.96. The van der Waals surface area contributed by atoms with Crippen LogP contribution in [0, 0.1) is 5.92 Å². The molecule has 0 saturated heterocycles. The highest BCUT2D eigenvalue weighted by atomic mass is 16.5. The Morgan fingerprint density at radius 2 is 2.08 bits per heavy atom. The highest BCUT2D eigenvalue weighted by Crippen LogP contribution is 2.33. The number of rotatable bonds is 6. The fourth-order valence-corrected chi connectivity index (χ4v) is 1.39. The molecule has 2 unspecified atom stereocenters. The van der Waals surface area contributed by atoms with Gasteiger partial charge in [-0.1, -0.05) is 12.8 Å². The van der Waals surface area contributed by atoms with E-state index < -0.39 is 0 Å². The first kappa shape index (κ1) is 10.0. The van der Waals surface area contributed by atoms with Crippen molar-refractivity contribution >= 4 is 0 Å². The molecule has 2 atom stereocenters. The molecule has 0 radical (unpaired) electrons. The molecule has 0 spiro atoms. The van der Waals surface area contributed by atoms with E-state index >= 15 is 0 Å². The molecule has 2 heteroatoms. The monoisotopic (exact) mass is 171 g/mol. The highest BCUT2D eigenvalue weighted by molar-refractivity contribution is 4.78. The molecule has 1 aliphatic carbocycles. The summed E-state index contributed by atoms with van der Waals surface area (Å²) in [7, 11) is 1.76. The molecule has 1 saturated carbocycles. The van der Waals surface area contributed by atoms with Crippen LogP contribution in [0.4, 0.5) is 0 Å². The average Bonchev–Trinajstić information content (AvgIpc) is 2.84. The Kier molecular flexibility index (Phi) is 4.02. The number of ether oxygens (including phenoxy) is 1. The van der Waals surface area contributed by atoms with E-state index in [1.165, 1.54) is 19.3 Å². The summed E-state index contributed by atoms with van der Waals surface area (Å²) in [5.74, 6) is 1.02. The van der Waals surface area contributed by atoms with Crippen LogP contribution in [-0.2, 0) is 4.74 Å². The molecule has 1 fully saturated rings. The third-order valence-corrected chi connectivity index (χ3v) is 2.54. The van der Waals surface area contributed by atoms with Crippen molar-refractivity contribution in [2.24, 2.45) is 5.92 Å². The van der Waals surface area contributed by atoms with E-state index in [4.69, 9.17) is 4.74 Å². The summed E-state index contributed by atoms with van der Waals surface area (Å²) in [4.78, 5) is 0. The van der Waals surface area contributed by atoms with Crippen molar-refractivity contribution in [1.82, 2.24) is 5.32 Å². The van der Waals surface area contributed by atoms with Crippen LogP contribution >= 0.6 is 0 Å². The predicted octanol–water partition coefficient (Wildman–Crippen LogP) is 1.80. The van der Waals surface area contributed by atoms with Crippen molar-refractivity contribution in [3.05, 3.63) is 0 Å². The normalized spacial score (nSPS) is 22.2. The second-order valence-corrected chi connectivity index (χ2v) is 4.03. The van der Waals surface area contributed by atoms with E-state index in [2.05, 4.69) is 19.2 Å². The topological polar surface area (TPSA) is 21.3 Å². The van der Waals surface area contributed by atoms with Gasteiger partial charge in [-0.05, 0) is 26.2 Å². The van der Waals surface area contributed by atoms with Crippen LogP contribution in [0.3, 0.4) is 0 Å². The Bertz CT molecular complexity index is 123. The Morgan fingerprint density at radius 3 is 2.58 bits per heavy atom. The van der Waals surface area contributed by atoms with Gasteiger partial charge < -0.3 is 10.1 Å². The second kappa shape index (κ2) is 4.83. The minimum Gasteiger partial charge on any atom is -0.380 e. The molecule has 0 aromatic rings. The van der Waals surface area contributed by atoms with Crippen LogP contribution in [0.5, 0.6) is 0 Å². The summed E-state index contributed by atoms with van der Waals surface area (Å²) < 4.78 is 5.16. The van der Waals surface area contributed by atoms with E-state index in [9.17, 15) is 0 Å². The van der Waals surface area contributed by atoms with Gasteiger partial charge in [-0.2, -0.15) is 0 Å². The number of nitrogens with one attached hydrogen (secondary N) is 1. The van der Waals surface area contributed by atoms with E-state index in [0.717, 1.165) is 12.5 Å². The molecule has 2 nitrogen and oxygen atoms in total. The lowest BCUT2D eigenvalue weighted by Crippen LogP contribution is -2.33. The van der Waals surface area contributed by atoms with Gasteiger partial charge in [0.1, 0.15) is 0 Å². The first-order chi connectivity index (χ1) is 5.72. The average molecular weight is 171 g/mol. The van der Waals surface area contributed by atoms with Crippen molar-refractivity contribution < 1.29 is 4.74 Å². The molecule has 72 valence electrons. The van der Waals surface area contributed by atoms with Crippen molar-refractivity contribution in [2.45, 2.75) is 45.3 Å². The van der Waals surface area contributed by atoms with Gasteiger partial charge >= 0.3 is 0 Å². The van der Waals surface area contributed by atoms with Crippen LogP contribution < -0.4 is 5.32 Å². The van der Waals surface area contributed by atoms with Gasteiger partial charge in [0, 0.05) is 19.7 Å². The SMILES string of the molecule is COC(C)CNC(C)CC1CC1. The number of hydrogen-bond donors (Lipinski definition) is 1. The van der Waals surface area contributed by atoms with E-state index in [1.54, 1.807) is 7.11 Å². The lowest BCUT2D eigenvalue weighted by Gasteiger charge is -2.16. The minimum atomic E-state index is 0.339. The van der Waals surface area contributed by atoms with Gasteiger partial charge in [-0.15, -0.1) is 0 Å². The maximum atomic E-state index is 5.16. The number of methoxy groups -OCH3 is 1. The van der Waals surface area contributed by atoms with Gasteiger partial charge in [-0.3, -0.25) is 0 Å². The third kappa shape index (κ3) is 4.07. The predicted molar refractivity (Wildman–Crippen MR) is 51.3 cm³/mol. The lowest BCUT2D eigenvalue weighted by atomic mass is 10.1. The molecule has 0 aliphatic heterocycles.